The summed E-state index contributed by atoms with van der Waals surface area (Å²) in [5.74, 6) is -5.52. The minimum absolute atomic E-state index is 0.105. The van der Waals surface area contributed by atoms with Gasteiger partial charge in [-0.05, 0) is 31.0 Å². The van der Waals surface area contributed by atoms with E-state index >= 15 is 0 Å². The van der Waals surface area contributed by atoms with Gasteiger partial charge in [-0.2, -0.15) is 0 Å². The molecule has 14 nitrogen and oxygen atoms in total. The molecule has 0 saturated carbocycles. The monoisotopic (exact) mass is 534 g/mol. The number of hydrogen-bond donors (Lipinski definition) is 9. The molecule has 208 valence electrons. The molecular formula is C24H34N6O8. The number of hydrogen-bond acceptors (Lipinski definition) is 8. The van der Waals surface area contributed by atoms with Crippen molar-refractivity contribution < 1.29 is 39.3 Å². The number of H-pyrrole nitrogens is 1. The smallest absolute Gasteiger partial charge is 0.328 e. The van der Waals surface area contributed by atoms with E-state index in [4.69, 9.17) is 11.5 Å². The first-order valence-corrected chi connectivity index (χ1v) is 12.0. The van der Waals surface area contributed by atoms with Crippen molar-refractivity contribution in [3.8, 4) is 0 Å². The van der Waals surface area contributed by atoms with E-state index in [2.05, 4.69) is 20.9 Å². The van der Waals surface area contributed by atoms with Gasteiger partial charge in [-0.1, -0.05) is 24.6 Å². The number of aromatic nitrogens is 1. The maximum atomic E-state index is 13.1. The summed E-state index contributed by atoms with van der Waals surface area (Å²) in [6.45, 7) is -0.480. The van der Waals surface area contributed by atoms with Gasteiger partial charge < -0.3 is 47.7 Å². The molecule has 0 aliphatic heterocycles. The Balaban J connectivity index is 2.26. The number of carbonyl (C=O) groups is 5. The molecule has 4 atom stereocenters. The summed E-state index contributed by atoms with van der Waals surface area (Å²) in [7, 11) is 0. The normalized spacial score (nSPS) is 14.2. The van der Waals surface area contributed by atoms with Crippen molar-refractivity contribution in [2.45, 2.75) is 56.3 Å². The van der Waals surface area contributed by atoms with E-state index in [1.165, 1.54) is 0 Å². The van der Waals surface area contributed by atoms with E-state index in [1.807, 2.05) is 0 Å². The van der Waals surface area contributed by atoms with E-state index in [9.17, 15) is 39.3 Å². The van der Waals surface area contributed by atoms with Gasteiger partial charge in [0.1, 0.15) is 18.1 Å². The fraction of sp³-hybridized carbons (Fsp3) is 0.458. The number of amides is 3. The first-order chi connectivity index (χ1) is 18.1. The van der Waals surface area contributed by atoms with Crippen molar-refractivity contribution in [2.75, 3.05) is 13.2 Å². The Morgan fingerprint density at radius 3 is 2.16 bits per heavy atom. The molecule has 1 aromatic carbocycles. The number of aromatic amines is 1. The van der Waals surface area contributed by atoms with Crippen molar-refractivity contribution >= 4 is 40.6 Å². The first-order valence-electron chi connectivity index (χ1n) is 12.0. The number of aliphatic hydroxyl groups excluding tert-OH is 1. The number of rotatable bonds is 16. The molecule has 0 aliphatic rings. The highest BCUT2D eigenvalue weighted by Crippen LogP contribution is 2.19. The average molecular weight is 535 g/mol. The zero-order valence-electron chi connectivity index (χ0n) is 20.7. The number of nitrogens with one attached hydrogen (secondary N) is 4. The third-order valence-electron chi connectivity index (χ3n) is 5.85. The van der Waals surface area contributed by atoms with Crippen molar-refractivity contribution in [1.29, 1.82) is 0 Å². The molecule has 0 saturated heterocycles. The van der Waals surface area contributed by atoms with Crippen LogP contribution in [0.3, 0.4) is 0 Å². The molecule has 11 N–H and O–H groups in total. The number of carboxylic acid groups (broad SMARTS) is 2. The van der Waals surface area contributed by atoms with E-state index in [0.717, 1.165) is 10.9 Å². The molecule has 0 spiro atoms. The second-order valence-corrected chi connectivity index (χ2v) is 8.76. The number of carboxylic acids is 2. The molecule has 2 rings (SSSR count). The van der Waals surface area contributed by atoms with Crippen LogP contribution in [0.5, 0.6) is 0 Å². The number of fused-ring (bicyclic) bond motifs is 1. The molecule has 0 bridgehead atoms. The fourth-order valence-electron chi connectivity index (χ4n) is 3.76. The number of benzene rings is 1. The highest BCUT2D eigenvalue weighted by Gasteiger charge is 2.31. The van der Waals surface area contributed by atoms with Gasteiger partial charge in [0.2, 0.25) is 17.7 Å². The Bertz CT molecular complexity index is 1140. The van der Waals surface area contributed by atoms with Gasteiger partial charge in [-0.15, -0.1) is 0 Å². The zero-order valence-corrected chi connectivity index (χ0v) is 20.7. The van der Waals surface area contributed by atoms with E-state index in [-0.39, 0.29) is 12.8 Å². The number of aliphatic carboxylic acids is 2. The molecule has 3 amide bonds. The van der Waals surface area contributed by atoms with Crippen LogP contribution in [0, 0.1) is 0 Å². The van der Waals surface area contributed by atoms with E-state index < -0.39 is 66.9 Å². The first kappa shape index (κ1) is 30.2. The molecule has 0 radical (unpaired) electrons. The molecule has 1 heterocycles. The van der Waals surface area contributed by atoms with Crippen LogP contribution in [0.1, 0.15) is 31.2 Å². The molecule has 0 fully saturated rings. The van der Waals surface area contributed by atoms with E-state index in [0.29, 0.717) is 24.9 Å². The number of carbonyl (C=O) groups excluding carboxylic acids is 3. The summed E-state index contributed by atoms with van der Waals surface area (Å²) >= 11 is 0. The van der Waals surface area contributed by atoms with Gasteiger partial charge in [0.25, 0.3) is 0 Å². The lowest BCUT2D eigenvalue weighted by Gasteiger charge is -2.24. The highest BCUT2D eigenvalue weighted by atomic mass is 16.4. The van der Waals surface area contributed by atoms with Crippen LogP contribution in [-0.4, -0.2) is 87.3 Å². The molecule has 38 heavy (non-hydrogen) atoms. The van der Waals surface area contributed by atoms with Crippen LogP contribution in [-0.2, 0) is 30.4 Å². The summed E-state index contributed by atoms with van der Waals surface area (Å²) in [6, 6.07) is 1.58. The van der Waals surface area contributed by atoms with Crippen LogP contribution in [0.15, 0.2) is 30.5 Å². The summed E-state index contributed by atoms with van der Waals surface area (Å²) in [4.78, 5) is 64.3. The minimum Gasteiger partial charge on any atom is -0.481 e. The maximum absolute atomic E-state index is 13.1. The molecule has 2 aromatic rings. The lowest BCUT2D eigenvalue weighted by atomic mass is 10.0. The lowest BCUT2D eigenvalue weighted by Crippen LogP contribution is -2.58. The van der Waals surface area contributed by atoms with Crippen molar-refractivity contribution in [3.05, 3.63) is 36.0 Å². The van der Waals surface area contributed by atoms with Gasteiger partial charge in [-0.3, -0.25) is 19.2 Å². The van der Waals surface area contributed by atoms with Crippen molar-refractivity contribution in [2.24, 2.45) is 11.5 Å². The van der Waals surface area contributed by atoms with Crippen LogP contribution >= 0.6 is 0 Å². The topological polar surface area (TPSA) is 250 Å². The van der Waals surface area contributed by atoms with Crippen LogP contribution in [0.2, 0.25) is 0 Å². The highest BCUT2D eigenvalue weighted by molar-refractivity contribution is 5.96. The standard InChI is InChI=1S/C24H34N6O8/c25-8-4-3-6-15(26)21(34)28-18(10-20(32)33)23(36)29-17(22(35)30-19(12-31)24(37)38)9-13-11-27-16-7-2-1-5-14(13)16/h1-2,5,7,11,15,17-19,27,31H,3-4,6,8-10,12,25-26H2,(H,28,34)(H,29,36)(H,30,35)(H,32,33)(H,37,38). The van der Waals surface area contributed by atoms with Crippen molar-refractivity contribution in [3.63, 3.8) is 0 Å². The zero-order chi connectivity index (χ0) is 28.2. The summed E-state index contributed by atoms with van der Waals surface area (Å²) in [6.07, 6.45) is 2.19. The minimum atomic E-state index is -1.63. The van der Waals surface area contributed by atoms with Crippen molar-refractivity contribution in [1.82, 2.24) is 20.9 Å². The number of aliphatic hydroxyl groups is 1. The van der Waals surface area contributed by atoms with Gasteiger partial charge >= 0.3 is 11.9 Å². The van der Waals surface area contributed by atoms with Crippen LogP contribution in [0.25, 0.3) is 10.9 Å². The quantitative estimate of drug-likeness (QED) is 0.109. The Morgan fingerprint density at radius 2 is 1.53 bits per heavy atom. The largest absolute Gasteiger partial charge is 0.481 e. The van der Waals surface area contributed by atoms with E-state index in [1.54, 1.807) is 30.5 Å². The molecule has 4 unspecified atom stereocenters. The summed E-state index contributed by atoms with van der Waals surface area (Å²) in [5.41, 5.74) is 12.6. The molecule has 14 heteroatoms. The number of unbranched alkanes of at least 4 members (excludes halogenated alkanes) is 1. The number of para-hydroxylation sites is 1. The summed E-state index contributed by atoms with van der Waals surface area (Å²) in [5, 5.41) is 35.4. The Labute approximate surface area is 218 Å². The Morgan fingerprint density at radius 1 is 0.895 bits per heavy atom. The van der Waals surface area contributed by atoms with Gasteiger partial charge in [0.15, 0.2) is 0 Å². The van der Waals surface area contributed by atoms with Gasteiger partial charge in [0.05, 0.1) is 19.1 Å². The molecular weight excluding hydrogens is 500 g/mol. The summed E-state index contributed by atoms with van der Waals surface area (Å²) < 4.78 is 0. The SMILES string of the molecule is NCCCCC(N)C(=O)NC(CC(=O)O)C(=O)NC(Cc1c[nH]c2ccccc12)C(=O)NC(CO)C(=O)O. The predicted octanol–water partition coefficient (Wildman–Crippen LogP) is -1.83. The lowest BCUT2D eigenvalue weighted by molar-refractivity contribution is -0.144. The fourth-order valence-corrected chi connectivity index (χ4v) is 3.76. The molecule has 1 aromatic heterocycles. The Hall–Kier alpha value is -4.01. The maximum Gasteiger partial charge on any atom is 0.328 e. The third-order valence-corrected chi connectivity index (χ3v) is 5.85. The molecule has 0 aliphatic carbocycles. The second kappa shape index (κ2) is 14.7. The van der Waals surface area contributed by atoms with Crippen LogP contribution < -0.4 is 27.4 Å². The predicted molar refractivity (Wildman–Crippen MR) is 136 cm³/mol. The third kappa shape index (κ3) is 8.83. The van der Waals surface area contributed by atoms with Crippen LogP contribution in [0.4, 0.5) is 0 Å². The average Bonchev–Trinajstić information content (AvgIpc) is 3.28. The Kier molecular flexibility index (Phi) is 11.7. The number of nitrogens with two attached hydrogens (primary N) is 2. The second-order valence-electron chi connectivity index (χ2n) is 8.76. The van der Waals surface area contributed by atoms with Gasteiger partial charge in [-0.25, -0.2) is 4.79 Å². The van der Waals surface area contributed by atoms with Gasteiger partial charge in [0, 0.05) is 23.5 Å².